The van der Waals surface area contributed by atoms with E-state index < -0.39 is 0 Å². The molecule has 0 saturated heterocycles. The summed E-state index contributed by atoms with van der Waals surface area (Å²) in [7, 11) is 4.55. The largest absolute Gasteiger partial charge is 0.497 e. The third-order valence-corrected chi connectivity index (χ3v) is 4.02. The van der Waals surface area contributed by atoms with E-state index in [4.69, 9.17) is 18.9 Å². The van der Waals surface area contributed by atoms with Crippen molar-refractivity contribution in [2.45, 2.75) is 6.92 Å². The SMILES string of the molecule is CCNC(=O)COc1ccc(/C=C/C(=O)c2cc(OC)ccc2OC)cc1OC. The quantitative estimate of drug-likeness (QED) is 0.488. The van der Waals surface area contributed by atoms with Crippen LogP contribution in [0.15, 0.2) is 42.5 Å². The molecule has 0 saturated carbocycles. The first kappa shape index (κ1) is 21.8. The lowest BCUT2D eigenvalue weighted by molar-refractivity contribution is -0.123. The van der Waals surface area contributed by atoms with Crippen molar-refractivity contribution in [1.29, 1.82) is 0 Å². The van der Waals surface area contributed by atoms with Crippen LogP contribution in [0.25, 0.3) is 6.08 Å². The minimum atomic E-state index is -0.226. The summed E-state index contributed by atoms with van der Waals surface area (Å²) in [5.74, 6) is 1.50. The van der Waals surface area contributed by atoms with Crippen LogP contribution in [-0.2, 0) is 4.79 Å². The van der Waals surface area contributed by atoms with Crippen molar-refractivity contribution in [1.82, 2.24) is 5.32 Å². The van der Waals surface area contributed by atoms with Gasteiger partial charge in [0.25, 0.3) is 5.91 Å². The zero-order valence-corrected chi connectivity index (χ0v) is 17.0. The fourth-order valence-corrected chi connectivity index (χ4v) is 2.57. The second-order valence-electron chi connectivity index (χ2n) is 5.92. The Labute approximate surface area is 170 Å². The average molecular weight is 399 g/mol. The molecule has 7 heteroatoms. The summed E-state index contributed by atoms with van der Waals surface area (Å²) < 4.78 is 21.2. The van der Waals surface area contributed by atoms with Gasteiger partial charge in [-0.05, 0) is 48.9 Å². The maximum Gasteiger partial charge on any atom is 0.257 e. The molecule has 0 bridgehead atoms. The van der Waals surface area contributed by atoms with Gasteiger partial charge in [0.05, 0.1) is 26.9 Å². The number of allylic oxidation sites excluding steroid dienone is 1. The molecular formula is C22H25NO6. The van der Waals surface area contributed by atoms with Crippen molar-refractivity contribution >= 4 is 17.8 Å². The Hall–Kier alpha value is -3.48. The second-order valence-corrected chi connectivity index (χ2v) is 5.92. The van der Waals surface area contributed by atoms with Crippen molar-refractivity contribution in [3.05, 3.63) is 53.6 Å². The fraction of sp³-hybridized carbons (Fsp3) is 0.273. The fourth-order valence-electron chi connectivity index (χ4n) is 2.57. The molecule has 0 aliphatic rings. The number of benzene rings is 2. The summed E-state index contributed by atoms with van der Waals surface area (Å²) in [6, 6.07) is 10.2. The van der Waals surface area contributed by atoms with Gasteiger partial charge < -0.3 is 24.3 Å². The van der Waals surface area contributed by atoms with E-state index in [0.29, 0.717) is 35.1 Å². The number of hydrogen-bond acceptors (Lipinski definition) is 6. The third kappa shape index (κ3) is 6.00. The number of likely N-dealkylation sites (N-methyl/N-ethyl adjacent to an activating group) is 1. The van der Waals surface area contributed by atoms with Gasteiger partial charge >= 0.3 is 0 Å². The Morgan fingerprint density at radius 2 is 1.66 bits per heavy atom. The lowest BCUT2D eigenvalue weighted by atomic mass is 10.1. The molecule has 0 heterocycles. The van der Waals surface area contributed by atoms with Gasteiger partial charge in [-0.3, -0.25) is 9.59 Å². The summed E-state index contributed by atoms with van der Waals surface area (Å²) in [5, 5.41) is 2.66. The maximum atomic E-state index is 12.6. The molecule has 0 fully saturated rings. The Morgan fingerprint density at radius 1 is 0.931 bits per heavy atom. The highest BCUT2D eigenvalue weighted by molar-refractivity contribution is 6.08. The number of ketones is 1. The first-order valence-corrected chi connectivity index (χ1v) is 9.04. The number of nitrogens with one attached hydrogen (secondary N) is 1. The van der Waals surface area contributed by atoms with E-state index in [1.54, 1.807) is 42.5 Å². The van der Waals surface area contributed by atoms with Crippen LogP contribution in [0.4, 0.5) is 0 Å². The van der Waals surface area contributed by atoms with Crippen molar-refractivity contribution in [2.24, 2.45) is 0 Å². The van der Waals surface area contributed by atoms with Crippen LogP contribution in [0, 0.1) is 0 Å². The van der Waals surface area contributed by atoms with Crippen LogP contribution in [0.3, 0.4) is 0 Å². The molecule has 0 atom stereocenters. The first-order valence-electron chi connectivity index (χ1n) is 9.04. The van der Waals surface area contributed by atoms with Crippen LogP contribution < -0.4 is 24.3 Å². The van der Waals surface area contributed by atoms with Crippen LogP contribution >= 0.6 is 0 Å². The predicted octanol–water partition coefficient (Wildman–Crippen LogP) is 3.12. The lowest BCUT2D eigenvalue weighted by Crippen LogP contribution is -2.28. The molecule has 2 aromatic rings. The Balaban J connectivity index is 2.16. The van der Waals surface area contributed by atoms with Gasteiger partial charge in [0.15, 0.2) is 23.9 Å². The van der Waals surface area contributed by atoms with Gasteiger partial charge in [0.1, 0.15) is 11.5 Å². The minimum absolute atomic E-state index is 0.104. The zero-order valence-electron chi connectivity index (χ0n) is 17.0. The Morgan fingerprint density at radius 3 is 2.31 bits per heavy atom. The number of methoxy groups -OCH3 is 3. The summed E-state index contributed by atoms with van der Waals surface area (Å²) >= 11 is 0. The molecule has 1 amide bonds. The lowest BCUT2D eigenvalue weighted by Gasteiger charge is -2.11. The van der Waals surface area contributed by atoms with Gasteiger partial charge in [-0.15, -0.1) is 0 Å². The monoisotopic (exact) mass is 399 g/mol. The van der Waals surface area contributed by atoms with Crippen LogP contribution in [0.2, 0.25) is 0 Å². The Kier molecular flexibility index (Phi) is 8.09. The molecule has 2 rings (SSSR count). The zero-order chi connectivity index (χ0) is 21.2. The van der Waals surface area contributed by atoms with Crippen molar-refractivity contribution in [3.63, 3.8) is 0 Å². The van der Waals surface area contributed by atoms with E-state index in [1.165, 1.54) is 27.4 Å². The highest BCUT2D eigenvalue weighted by Gasteiger charge is 2.12. The second kappa shape index (κ2) is 10.8. The first-order chi connectivity index (χ1) is 14.0. The van der Waals surface area contributed by atoms with E-state index in [-0.39, 0.29) is 18.3 Å². The topological polar surface area (TPSA) is 83.1 Å². The van der Waals surface area contributed by atoms with Gasteiger partial charge in [-0.25, -0.2) is 0 Å². The van der Waals surface area contributed by atoms with Gasteiger partial charge in [-0.2, -0.15) is 0 Å². The van der Waals surface area contributed by atoms with Crippen molar-refractivity contribution in [3.8, 4) is 23.0 Å². The molecule has 0 unspecified atom stereocenters. The minimum Gasteiger partial charge on any atom is -0.497 e. The van der Waals surface area contributed by atoms with Gasteiger partial charge in [0.2, 0.25) is 0 Å². The molecule has 7 nitrogen and oxygen atoms in total. The molecule has 0 aliphatic heterocycles. The molecule has 2 aromatic carbocycles. The Bertz CT molecular complexity index is 891. The highest BCUT2D eigenvalue weighted by atomic mass is 16.5. The smallest absolute Gasteiger partial charge is 0.257 e. The number of amides is 1. The summed E-state index contributed by atoms with van der Waals surface area (Å²) in [4.78, 5) is 24.2. The number of ether oxygens (including phenoxy) is 4. The average Bonchev–Trinajstić information content (AvgIpc) is 2.75. The van der Waals surface area contributed by atoms with E-state index in [2.05, 4.69) is 5.32 Å². The van der Waals surface area contributed by atoms with Crippen molar-refractivity contribution in [2.75, 3.05) is 34.5 Å². The van der Waals surface area contributed by atoms with E-state index in [9.17, 15) is 9.59 Å². The van der Waals surface area contributed by atoms with Crippen LogP contribution in [-0.4, -0.2) is 46.2 Å². The summed E-state index contributed by atoms with van der Waals surface area (Å²) in [6.45, 7) is 2.27. The van der Waals surface area contributed by atoms with Crippen LogP contribution in [0.1, 0.15) is 22.8 Å². The molecular weight excluding hydrogens is 374 g/mol. The number of carbonyl (C=O) groups excluding carboxylic acids is 2. The number of carbonyl (C=O) groups is 2. The number of hydrogen-bond donors (Lipinski definition) is 1. The number of rotatable bonds is 10. The standard InChI is InChI=1S/C22H25NO6/c1-5-23-22(25)14-29-20-10-7-15(12-21(20)28-4)6-9-18(24)17-13-16(26-2)8-11-19(17)27-3/h6-13H,5,14H2,1-4H3,(H,23,25)/b9-6+. The highest BCUT2D eigenvalue weighted by Crippen LogP contribution is 2.29. The molecule has 1 N–H and O–H groups in total. The molecule has 154 valence electrons. The third-order valence-electron chi connectivity index (χ3n) is 4.02. The van der Waals surface area contributed by atoms with E-state index >= 15 is 0 Å². The van der Waals surface area contributed by atoms with E-state index in [1.807, 2.05) is 6.92 Å². The molecule has 0 radical (unpaired) electrons. The molecule has 0 aliphatic carbocycles. The van der Waals surface area contributed by atoms with Gasteiger partial charge in [0, 0.05) is 6.54 Å². The molecule has 0 spiro atoms. The summed E-state index contributed by atoms with van der Waals surface area (Å²) in [5.41, 5.74) is 1.14. The van der Waals surface area contributed by atoms with Gasteiger partial charge in [-0.1, -0.05) is 12.1 Å². The maximum absolute atomic E-state index is 12.6. The summed E-state index contributed by atoms with van der Waals surface area (Å²) in [6.07, 6.45) is 3.11. The molecule has 0 aromatic heterocycles. The van der Waals surface area contributed by atoms with Crippen LogP contribution in [0.5, 0.6) is 23.0 Å². The molecule has 29 heavy (non-hydrogen) atoms. The predicted molar refractivity (Wildman–Crippen MR) is 110 cm³/mol. The van der Waals surface area contributed by atoms with E-state index in [0.717, 1.165) is 5.56 Å². The normalized spacial score (nSPS) is 10.5. The van der Waals surface area contributed by atoms with Crippen molar-refractivity contribution < 1.29 is 28.5 Å².